The number of carbonyl (C=O) groups excluding carboxylic acids is 3. The molecule has 0 saturated heterocycles. The van der Waals surface area contributed by atoms with Crippen molar-refractivity contribution in [3.63, 3.8) is 0 Å². The Kier molecular flexibility index (Phi) is 34.2. The highest BCUT2D eigenvalue weighted by molar-refractivity contribution is 5.81. The maximum absolute atomic E-state index is 12.5. The summed E-state index contributed by atoms with van der Waals surface area (Å²) >= 11 is 0. The molecule has 0 aromatic heterocycles. The molecule has 0 rings (SSSR count). The Hall–Kier alpha value is -2.32. The van der Waals surface area contributed by atoms with E-state index in [4.69, 9.17) is 14.6 Å². The molecule has 282 valence electrons. The van der Waals surface area contributed by atoms with Crippen LogP contribution in [0.5, 0.6) is 0 Å². The zero-order chi connectivity index (χ0) is 35.3. The molecule has 0 saturated carbocycles. The minimum Gasteiger partial charge on any atom is -0.465 e. The van der Waals surface area contributed by atoms with E-state index in [0.717, 1.165) is 38.5 Å². The first-order chi connectivity index (χ1) is 23.4. The van der Waals surface area contributed by atoms with Crippen molar-refractivity contribution in [1.29, 1.82) is 0 Å². The van der Waals surface area contributed by atoms with Gasteiger partial charge in [0.15, 0.2) is 0 Å². The second-order valence-corrected chi connectivity index (χ2v) is 13.5. The molecule has 0 bridgehead atoms. The first-order valence-corrected chi connectivity index (χ1v) is 20.0. The summed E-state index contributed by atoms with van der Waals surface area (Å²) in [7, 11) is 0. The molecule has 0 aliphatic rings. The highest BCUT2D eigenvalue weighted by atomic mass is 16.5. The molecule has 2 amide bonds. The van der Waals surface area contributed by atoms with Gasteiger partial charge in [0.2, 0.25) is 5.91 Å². The van der Waals surface area contributed by atoms with Crippen molar-refractivity contribution >= 4 is 23.9 Å². The lowest BCUT2D eigenvalue weighted by Crippen LogP contribution is -2.43. The van der Waals surface area contributed by atoms with Crippen molar-refractivity contribution < 1.29 is 33.8 Å². The molecular formula is C39H74N2O7. The normalized spacial score (nSPS) is 11.0. The largest absolute Gasteiger partial charge is 0.465 e. The Morgan fingerprint density at radius 1 is 0.479 bits per heavy atom. The molecule has 0 atom stereocenters. The molecule has 9 nitrogen and oxygen atoms in total. The van der Waals surface area contributed by atoms with E-state index >= 15 is 0 Å². The Morgan fingerprint density at radius 3 is 1.06 bits per heavy atom. The average Bonchev–Trinajstić information content (AvgIpc) is 3.07. The number of hydrogen-bond acceptors (Lipinski definition) is 6. The van der Waals surface area contributed by atoms with Crippen molar-refractivity contribution in [2.75, 3.05) is 32.8 Å². The monoisotopic (exact) mass is 683 g/mol. The first-order valence-electron chi connectivity index (χ1n) is 20.0. The number of rotatable bonds is 36. The number of nitrogens with zero attached hydrogens (tertiary/aromatic N) is 1. The molecule has 0 fully saturated rings. The van der Waals surface area contributed by atoms with Crippen LogP contribution in [0.2, 0.25) is 0 Å². The fraction of sp³-hybridized carbons (Fsp3) is 0.897. The minimum atomic E-state index is -1.29. The summed E-state index contributed by atoms with van der Waals surface area (Å²) in [6, 6.07) is 0. The molecule has 9 heteroatoms. The third kappa shape index (κ3) is 33.6. The van der Waals surface area contributed by atoms with Crippen LogP contribution >= 0.6 is 0 Å². The van der Waals surface area contributed by atoms with Crippen LogP contribution in [-0.4, -0.2) is 66.8 Å². The standard InChI is InChI=1S/C39H74N2O7/c1-3-5-7-9-11-13-15-17-19-21-23-25-27-29-37(43)47-33-31-41(36(42)35-40-39(45)46)32-34-48-38(44)30-28-26-24-22-20-18-16-14-12-10-8-6-4-2/h40H,3-35H2,1-2H3,(H,45,46). The number of amides is 2. The van der Waals surface area contributed by atoms with E-state index in [1.807, 2.05) is 0 Å². The van der Waals surface area contributed by atoms with E-state index in [0.29, 0.717) is 12.8 Å². The minimum absolute atomic E-state index is 0.0169. The first kappa shape index (κ1) is 45.7. The van der Waals surface area contributed by atoms with Crippen molar-refractivity contribution in [3.8, 4) is 0 Å². The quantitative estimate of drug-likeness (QED) is 0.0498. The number of carbonyl (C=O) groups is 4. The molecule has 0 spiro atoms. The van der Waals surface area contributed by atoms with Crippen LogP contribution in [0.3, 0.4) is 0 Å². The molecular weight excluding hydrogens is 608 g/mol. The van der Waals surface area contributed by atoms with Gasteiger partial charge in [-0.25, -0.2) is 4.79 Å². The molecule has 2 N–H and O–H groups in total. The van der Waals surface area contributed by atoms with Crippen molar-refractivity contribution in [2.45, 2.75) is 194 Å². The molecule has 0 heterocycles. The van der Waals surface area contributed by atoms with Gasteiger partial charge in [-0.05, 0) is 12.8 Å². The van der Waals surface area contributed by atoms with E-state index in [9.17, 15) is 19.2 Å². The van der Waals surface area contributed by atoms with Crippen LogP contribution in [0, 0.1) is 0 Å². The van der Waals surface area contributed by atoms with Gasteiger partial charge >= 0.3 is 18.0 Å². The molecule has 0 aliphatic heterocycles. The van der Waals surface area contributed by atoms with Crippen molar-refractivity contribution in [1.82, 2.24) is 10.2 Å². The molecule has 0 aliphatic carbocycles. The van der Waals surface area contributed by atoms with Crippen molar-refractivity contribution in [2.24, 2.45) is 0 Å². The molecule has 0 radical (unpaired) electrons. The lowest BCUT2D eigenvalue weighted by Gasteiger charge is -2.22. The number of hydrogen-bond donors (Lipinski definition) is 2. The number of unbranched alkanes of at least 4 members (excludes halogenated alkanes) is 24. The summed E-state index contributed by atoms with van der Waals surface area (Å²) in [5, 5.41) is 10.9. The van der Waals surface area contributed by atoms with Crippen LogP contribution in [0.15, 0.2) is 0 Å². The SMILES string of the molecule is CCCCCCCCCCCCCCCC(=O)OCCN(CCOC(=O)CCCCCCCCCCCCCCC)C(=O)CNC(=O)O. The summed E-state index contributed by atoms with van der Waals surface area (Å²) in [6.07, 6.45) is 31.6. The zero-order valence-electron chi connectivity index (χ0n) is 31.2. The van der Waals surface area contributed by atoms with Gasteiger partial charge in [-0.3, -0.25) is 14.4 Å². The highest BCUT2D eigenvalue weighted by Crippen LogP contribution is 2.14. The van der Waals surface area contributed by atoms with Gasteiger partial charge in [0.05, 0.1) is 13.1 Å². The molecule has 0 unspecified atom stereocenters. The topological polar surface area (TPSA) is 122 Å². The van der Waals surface area contributed by atoms with Crippen LogP contribution in [0.25, 0.3) is 0 Å². The van der Waals surface area contributed by atoms with Crippen molar-refractivity contribution in [3.05, 3.63) is 0 Å². The van der Waals surface area contributed by atoms with E-state index in [-0.39, 0.29) is 38.2 Å². The predicted octanol–water partition coefficient (Wildman–Crippen LogP) is 10.1. The Labute approximate surface area is 294 Å². The maximum Gasteiger partial charge on any atom is 0.405 e. The average molecular weight is 683 g/mol. The number of esters is 2. The van der Waals surface area contributed by atoms with Gasteiger partial charge in [-0.15, -0.1) is 0 Å². The number of nitrogens with one attached hydrogen (secondary N) is 1. The Balaban J connectivity index is 3.98. The smallest absolute Gasteiger partial charge is 0.405 e. The van der Waals surface area contributed by atoms with E-state index in [1.165, 1.54) is 133 Å². The van der Waals surface area contributed by atoms with Crippen LogP contribution in [0.1, 0.15) is 194 Å². The maximum atomic E-state index is 12.5. The van der Waals surface area contributed by atoms with E-state index in [1.54, 1.807) is 0 Å². The molecule has 0 aromatic rings. The van der Waals surface area contributed by atoms with Crippen LogP contribution < -0.4 is 5.32 Å². The lowest BCUT2D eigenvalue weighted by atomic mass is 10.0. The van der Waals surface area contributed by atoms with Gasteiger partial charge in [-0.1, -0.05) is 168 Å². The third-order valence-corrected chi connectivity index (χ3v) is 8.96. The highest BCUT2D eigenvalue weighted by Gasteiger charge is 2.16. The van der Waals surface area contributed by atoms with Gasteiger partial charge in [0, 0.05) is 12.8 Å². The van der Waals surface area contributed by atoms with Crippen LogP contribution in [0.4, 0.5) is 4.79 Å². The summed E-state index contributed by atoms with van der Waals surface area (Å²) in [4.78, 5) is 49.1. The van der Waals surface area contributed by atoms with Gasteiger partial charge in [0.1, 0.15) is 19.8 Å². The second kappa shape index (κ2) is 36.0. The fourth-order valence-electron chi connectivity index (χ4n) is 5.88. The second-order valence-electron chi connectivity index (χ2n) is 13.5. The summed E-state index contributed by atoms with van der Waals surface area (Å²) in [5.74, 6) is -1.05. The Morgan fingerprint density at radius 2 is 0.771 bits per heavy atom. The van der Waals surface area contributed by atoms with Gasteiger partial charge < -0.3 is 24.8 Å². The molecule has 48 heavy (non-hydrogen) atoms. The lowest BCUT2D eigenvalue weighted by molar-refractivity contribution is -0.147. The number of ether oxygens (including phenoxy) is 2. The zero-order valence-corrected chi connectivity index (χ0v) is 31.2. The van der Waals surface area contributed by atoms with Gasteiger partial charge in [0.25, 0.3) is 0 Å². The summed E-state index contributed by atoms with van der Waals surface area (Å²) < 4.78 is 10.7. The fourth-order valence-corrected chi connectivity index (χ4v) is 5.88. The Bertz CT molecular complexity index is 729. The van der Waals surface area contributed by atoms with Gasteiger partial charge in [-0.2, -0.15) is 0 Å². The summed E-state index contributed by atoms with van der Waals surface area (Å²) in [5.41, 5.74) is 0. The third-order valence-electron chi connectivity index (χ3n) is 8.96. The van der Waals surface area contributed by atoms with E-state index in [2.05, 4.69) is 19.2 Å². The van der Waals surface area contributed by atoms with E-state index < -0.39 is 18.5 Å². The summed E-state index contributed by atoms with van der Waals surface area (Å²) in [6.45, 7) is 4.36. The number of carboxylic acid groups (broad SMARTS) is 1. The predicted molar refractivity (Wildman–Crippen MR) is 195 cm³/mol. The van der Waals surface area contributed by atoms with Crippen LogP contribution in [-0.2, 0) is 23.9 Å². The molecule has 0 aromatic carbocycles.